The number of nitrogens with two attached hydrogens (primary N) is 1. The Hall–Kier alpha value is -1.86. The Balaban J connectivity index is 2.82. The van der Waals surface area contributed by atoms with Crippen LogP contribution in [0.25, 0.3) is 0 Å². The molecule has 102 valence electrons. The molecule has 1 rings (SSSR count). The molecule has 1 atom stereocenters. The van der Waals surface area contributed by atoms with Gasteiger partial charge in [-0.15, -0.1) is 0 Å². The highest BCUT2D eigenvalue weighted by Gasteiger charge is 2.32. The third-order valence-corrected chi connectivity index (χ3v) is 3.57. The lowest BCUT2D eigenvalue weighted by atomic mass is 9.86. The number of amides is 1. The Morgan fingerprint density at radius 3 is 2.74 bits per heavy atom. The van der Waals surface area contributed by atoms with Gasteiger partial charge in [-0.3, -0.25) is 4.79 Å². The fourth-order valence-electron chi connectivity index (χ4n) is 1.93. The van der Waals surface area contributed by atoms with Crippen molar-refractivity contribution in [1.82, 2.24) is 4.90 Å². The number of benzene rings is 1. The van der Waals surface area contributed by atoms with Crippen LogP contribution in [0.5, 0.6) is 0 Å². The van der Waals surface area contributed by atoms with Crippen LogP contribution in [-0.2, 0) is 11.3 Å². The van der Waals surface area contributed by atoms with E-state index in [0.29, 0.717) is 25.1 Å². The minimum absolute atomic E-state index is 0.0415. The van der Waals surface area contributed by atoms with Crippen LogP contribution in [0.1, 0.15) is 31.4 Å². The number of hydrogen-bond acceptors (Lipinski definition) is 3. The van der Waals surface area contributed by atoms with Crippen molar-refractivity contribution < 1.29 is 4.79 Å². The van der Waals surface area contributed by atoms with E-state index in [-0.39, 0.29) is 5.91 Å². The minimum atomic E-state index is -0.512. The summed E-state index contributed by atoms with van der Waals surface area (Å²) in [5.74, 6) is 0.0415. The number of nitriles is 1. The lowest BCUT2D eigenvalue weighted by Gasteiger charge is -2.30. The van der Waals surface area contributed by atoms with Gasteiger partial charge < -0.3 is 10.6 Å². The van der Waals surface area contributed by atoms with E-state index in [2.05, 4.69) is 6.07 Å². The average Bonchev–Trinajstić information content (AvgIpc) is 2.45. The molecule has 0 aliphatic heterocycles. The largest absolute Gasteiger partial charge is 0.341 e. The highest BCUT2D eigenvalue weighted by molar-refractivity contribution is 5.82. The molecular formula is C15H21N3O. The molecule has 0 fully saturated rings. The Morgan fingerprint density at radius 1 is 1.53 bits per heavy atom. The number of rotatable bonds is 5. The van der Waals surface area contributed by atoms with Crippen LogP contribution < -0.4 is 5.73 Å². The van der Waals surface area contributed by atoms with Gasteiger partial charge in [0.25, 0.3) is 0 Å². The molecule has 0 spiro atoms. The van der Waals surface area contributed by atoms with Gasteiger partial charge >= 0.3 is 0 Å². The van der Waals surface area contributed by atoms with E-state index in [1.807, 2.05) is 26.0 Å². The van der Waals surface area contributed by atoms with Crippen LogP contribution in [0.4, 0.5) is 0 Å². The summed E-state index contributed by atoms with van der Waals surface area (Å²) in [6.07, 6.45) is 0.713. The highest BCUT2D eigenvalue weighted by Crippen LogP contribution is 2.23. The first-order valence-corrected chi connectivity index (χ1v) is 6.41. The fraction of sp³-hybridized carbons (Fsp3) is 0.467. The molecule has 4 heteroatoms. The van der Waals surface area contributed by atoms with E-state index in [1.165, 1.54) is 0 Å². The summed E-state index contributed by atoms with van der Waals surface area (Å²) in [5, 5.41) is 8.86. The average molecular weight is 259 g/mol. The first kappa shape index (κ1) is 15.2. The summed E-state index contributed by atoms with van der Waals surface area (Å²) in [7, 11) is 1.77. The van der Waals surface area contributed by atoms with Gasteiger partial charge in [-0.1, -0.05) is 19.1 Å². The van der Waals surface area contributed by atoms with Crippen LogP contribution in [0.3, 0.4) is 0 Å². The fourth-order valence-corrected chi connectivity index (χ4v) is 1.93. The van der Waals surface area contributed by atoms with Gasteiger partial charge in [0.15, 0.2) is 0 Å². The van der Waals surface area contributed by atoms with E-state index in [1.54, 1.807) is 24.1 Å². The predicted molar refractivity (Wildman–Crippen MR) is 75.1 cm³/mol. The van der Waals surface area contributed by atoms with E-state index in [0.717, 1.165) is 5.56 Å². The maximum absolute atomic E-state index is 12.4. The van der Waals surface area contributed by atoms with Crippen LogP contribution in [0.2, 0.25) is 0 Å². The molecule has 1 amide bonds. The van der Waals surface area contributed by atoms with Crippen molar-refractivity contribution in [2.24, 2.45) is 11.1 Å². The first-order chi connectivity index (χ1) is 8.96. The number of hydrogen-bond donors (Lipinski definition) is 1. The Kier molecular flexibility index (Phi) is 5.08. The Labute approximate surface area is 114 Å². The quantitative estimate of drug-likeness (QED) is 0.877. The molecule has 2 N–H and O–H groups in total. The van der Waals surface area contributed by atoms with Crippen LogP contribution in [-0.4, -0.2) is 24.4 Å². The monoisotopic (exact) mass is 259 g/mol. The smallest absolute Gasteiger partial charge is 0.229 e. The molecule has 0 aliphatic carbocycles. The molecule has 0 bridgehead atoms. The maximum Gasteiger partial charge on any atom is 0.229 e. The molecular weight excluding hydrogens is 238 g/mol. The lowest BCUT2D eigenvalue weighted by Crippen LogP contribution is -2.44. The molecule has 4 nitrogen and oxygen atoms in total. The van der Waals surface area contributed by atoms with Gasteiger partial charge in [-0.05, 0) is 31.0 Å². The molecule has 0 aliphatic rings. The SMILES string of the molecule is CCC(C)(CN)C(=O)N(C)Cc1cccc(C#N)c1. The van der Waals surface area contributed by atoms with Gasteiger partial charge in [0.05, 0.1) is 17.0 Å². The molecule has 1 unspecified atom stereocenters. The third kappa shape index (κ3) is 3.55. The number of nitrogens with zero attached hydrogens (tertiary/aromatic N) is 2. The lowest BCUT2D eigenvalue weighted by molar-refractivity contribution is -0.140. The van der Waals surface area contributed by atoms with Crippen molar-refractivity contribution in [2.45, 2.75) is 26.8 Å². The Bertz CT molecular complexity index is 486. The zero-order valence-electron chi connectivity index (χ0n) is 11.8. The normalized spacial score (nSPS) is 13.4. The van der Waals surface area contributed by atoms with Crippen molar-refractivity contribution in [2.75, 3.05) is 13.6 Å². The third-order valence-electron chi connectivity index (χ3n) is 3.57. The molecule has 1 aromatic carbocycles. The molecule has 0 saturated carbocycles. The summed E-state index contributed by atoms with van der Waals surface area (Å²) >= 11 is 0. The molecule has 19 heavy (non-hydrogen) atoms. The second-order valence-corrected chi connectivity index (χ2v) is 5.09. The molecule has 0 aromatic heterocycles. The van der Waals surface area contributed by atoms with E-state index < -0.39 is 5.41 Å². The zero-order valence-corrected chi connectivity index (χ0v) is 11.8. The molecule has 0 saturated heterocycles. The Morgan fingerprint density at radius 2 is 2.21 bits per heavy atom. The zero-order chi connectivity index (χ0) is 14.5. The van der Waals surface area contributed by atoms with Gasteiger partial charge in [-0.2, -0.15) is 5.26 Å². The van der Waals surface area contributed by atoms with Crippen LogP contribution in [0.15, 0.2) is 24.3 Å². The summed E-state index contributed by atoms with van der Waals surface area (Å²) in [6, 6.07) is 9.39. The molecule has 0 radical (unpaired) electrons. The van der Waals surface area contributed by atoms with Crippen LogP contribution >= 0.6 is 0 Å². The first-order valence-electron chi connectivity index (χ1n) is 6.41. The summed E-state index contributed by atoms with van der Waals surface area (Å²) < 4.78 is 0. The van der Waals surface area contributed by atoms with Crippen molar-refractivity contribution >= 4 is 5.91 Å². The molecule has 1 aromatic rings. The molecule has 0 heterocycles. The van der Waals surface area contributed by atoms with Gasteiger partial charge in [0.1, 0.15) is 0 Å². The van der Waals surface area contributed by atoms with Gasteiger partial charge in [0.2, 0.25) is 5.91 Å². The van der Waals surface area contributed by atoms with E-state index in [9.17, 15) is 4.79 Å². The van der Waals surface area contributed by atoms with Crippen molar-refractivity contribution in [3.05, 3.63) is 35.4 Å². The standard InChI is InChI=1S/C15H21N3O/c1-4-15(2,11-17)14(19)18(3)10-13-7-5-6-12(8-13)9-16/h5-8H,4,10-11,17H2,1-3H3. The van der Waals surface area contributed by atoms with E-state index >= 15 is 0 Å². The topological polar surface area (TPSA) is 70.1 Å². The second-order valence-electron chi connectivity index (χ2n) is 5.09. The highest BCUT2D eigenvalue weighted by atomic mass is 16.2. The summed E-state index contributed by atoms with van der Waals surface area (Å²) in [5.41, 5.74) is 6.75. The van der Waals surface area contributed by atoms with Crippen molar-refractivity contribution in [3.8, 4) is 6.07 Å². The van der Waals surface area contributed by atoms with Crippen molar-refractivity contribution in [1.29, 1.82) is 5.26 Å². The van der Waals surface area contributed by atoms with Crippen molar-refractivity contribution in [3.63, 3.8) is 0 Å². The second kappa shape index (κ2) is 6.35. The number of carbonyl (C=O) groups excluding carboxylic acids is 1. The van der Waals surface area contributed by atoms with Gasteiger partial charge in [-0.25, -0.2) is 0 Å². The number of carbonyl (C=O) groups is 1. The maximum atomic E-state index is 12.4. The van der Waals surface area contributed by atoms with Gasteiger partial charge in [0, 0.05) is 20.1 Å². The minimum Gasteiger partial charge on any atom is -0.341 e. The van der Waals surface area contributed by atoms with E-state index in [4.69, 9.17) is 11.0 Å². The summed E-state index contributed by atoms with van der Waals surface area (Å²) in [4.78, 5) is 14.0. The summed E-state index contributed by atoms with van der Waals surface area (Å²) in [6.45, 7) is 4.68. The van der Waals surface area contributed by atoms with Crippen LogP contribution in [0, 0.1) is 16.7 Å². The predicted octanol–water partition coefficient (Wildman–Crippen LogP) is 1.89.